The predicted molar refractivity (Wildman–Crippen MR) is 92.6 cm³/mol. The maximum absolute atomic E-state index is 13.6. The van der Waals surface area contributed by atoms with Gasteiger partial charge in [0, 0.05) is 23.6 Å². The normalized spacial score (nSPS) is 11.2. The molecular weight excluding hydrogens is 397 g/mol. The molecule has 0 aliphatic carbocycles. The summed E-state index contributed by atoms with van der Waals surface area (Å²) < 4.78 is 71.7. The van der Waals surface area contributed by atoms with Crippen molar-refractivity contribution < 1.29 is 31.5 Å². The van der Waals surface area contributed by atoms with E-state index < -0.39 is 40.6 Å². The fourth-order valence-electron chi connectivity index (χ4n) is 2.39. The first kappa shape index (κ1) is 20.2. The van der Waals surface area contributed by atoms with Gasteiger partial charge in [-0.2, -0.15) is 13.2 Å². The van der Waals surface area contributed by atoms with Crippen LogP contribution in [0.15, 0.2) is 48.9 Å². The summed E-state index contributed by atoms with van der Waals surface area (Å²) in [7, 11) is 0. The van der Waals surface area contributed by atoms with E-state index in [4.69, 9.17) is 4.74 Å². The zero-order valence-electron chi connectivity index (χ0n) is 14.7. The van der Waals surface area contributed by atoms with Crippen LogP contribution in [0.3, 0.4) is 0 Å². The molecule has 0 aliphatic rings. The minimum absolute atomic E-state index is 0.0559. The zero-order valence-corrected chi connectivity index (χ0v) is 14.7. The third-order valence-electron chi connectivity index (χ3n) is 3.73. The Hall–Kier alpha value is -3.56. The Bertz CT molecular complexity index is 1030. The van der Waals surface area contributed by atoms with Gasteiger partial charge in [0.15, 0.2) is 11.6 Å². The second-order valence-corrected chi connectivity index (χ2v) is 5.88. The first-order valence-electron chi connectivity index (χ1n) is 8.07. The molecule has 3 rings (SSSR count). The van der Waals surface area contributed by atoms with Crippen LogP contribution in [0.4, 0.5) is 27.6 Å². The maximum Gasteiger partial charge on any atom is 0.421 e. The minimum atomic E-state index is -4.65. The number of alkyl halides is 3. The van der Waals surface area contributed by atoms with Gasteiger partial charge in [0.25, 0.3) is 5.91 Å². The number of benzene rings is 1. The molecular formula is C19H12F5N3O2. The third kappa shape index (κ3) is 4.65. The van der Waals surface area contributed by atoms with Crippen LogP contribution in [0.5, 0.6) is 11.5 Å². The summed E-state index contributed by atoms with van der Waals surface area (Å²) in [6.45, 7) is 1.52. The standard InChI is InChI=1S/C19H12F5N3O2/c1-10-6-16(13(7-26-10)19(22,23)24)29-12-4-2-11(3-5-12)27-18(28)17-14(20)8-25-9-15(17)21/h2-9H,1H3,(H,27,28). The van der Waals surface area contributed by atoms with Crippen molar-refractivity contribution in [2.45, 2.75) is 13.1 Å². The SMILES string of the molecule is Cc1cc(Oc2ccc(NC(=O)c3c(F)cncc3F)cc2)c(C(F)(F)F)cn1. The lowest BCUT2D eigenvalue weighted by Gasteiger charge is -2.14. The monoisotopic (exact) mass is 409 g/mol. The fraction of sp³-hybridized carbons (Fsp3) is 0.105. The highest BCUT2D eigenvalue weighted by molar-refractivity contribution is 6.04. The van der Waals surface area contributed by atoms with E-state index in [0.29, 0.717) is 24.3 Å². The number of amides is 1. The number of nitrogens with one attached hydrogen (secondary N) is 1. The summed E-state index contributed by atoms with van der Waals surface area (Å²) >= 11 is 0. The highest BCUT2D eigenvalue weighted by atomic mass is 19.4. The van der Waals surface area contributed by atoms with Gasteiger partial charge in [-0.05, 0) is 31.2 Å². The number of aromatic nitrogens is 2. The lowest BCUT2D eigenvalue weighted by atomic mass is 10.2. The van der Waals surface area contributed by atoms with Crippen molar-refractivity contribution in [3.8, 4) is 11.5 Å². The molecule has 0 saturated heterocycles. The quantitative estimate of drug-likeness (QED) is 0.607. The average Bonchev–Trinajstić information content (AvgIpc) is 2.62. The van der Waals surface area contributed by atoms with Gasteiger partial charge in [0.1, 0.15) is 22.6 Å². The number of ether oxygens (including phenoxy) is 1. The van der Waals surface area contributed by atoms with Gasteiger partial charge >= 0.3 is 6.18 Å². The molecule has 0 saturated carbocycles. The van der Waals surface area contributed by atoms with E-state index in [1.807, 2.05) is 0 Å². The Kier molecular flexibility index (Phi) is 5.44. The largest absolute Gasteiger partial charge is 0.457 e. The number of anilines is 1. The molecule has 5 nitrogen and oxygen atoms in total. The first-order chi connectivity index (χ1) is 13.6. The van der Waals surface area contributed by atoms with Crippen LogP contribution >= 0.6 is 0 Å². The van der Waals surface area contributed by atoms with Crippen LogP contribution in [0.1, 0.15) is 21.6 Å². The number of carbonyl (C=O) groups is 1. The third-order valence-corrected chi connectivity index (χ3v) is 3.73. The van der Waals surface area contributed by atoms with Crippen LogP contribution in [-0.2, 0) is 6.18 Å². The van der Waals surface area contributed by atoms with Crippen molar-refractivity contribution in [3.63, 3.8) is 0 Å². The molecule has 0 radical (unpaired) electrons. The molecule has 1 N–H and O–H groups in total. The second kappa shape index (κ2) is 7.82. The van der Waals surface area contributed by atoms with Crippen molar-refractivity contribution in [2.24, 2.45) is 0 Å². The van der Waals surface area contributed by atoms with E-state index in [9.17, 15) is 26.7 Å². The molecule has 150 valence electrons. The molecule has 0 fully saturated rings. The van der Waals surface area contributed by atoms with E-state index in [1.165, 1.54) is 31.2 Å². The highest BCUT2D eigenvalue weighted by Gasteiger charge is 2.35. The van der Waals surface area contributed by atoms with E-state index in [2.05, 4.69) is 15.3 Å². The number of carbonyl (C=O) groups excluding carboxylic acids is 1. The van der Waals surface area contributed by atoms with Crippen LogP contribution in [-0.4, -0.2) is 15.9 Å². The molecule has 3 aromatic rings. The molecule has 10 heteroatoms. The highest BCUT2D eigenvalue weighted by Crippen LogP contribution is 2.38. The summed E-state index contributed by atoms with van der Waals surface area (Å²) in [5, 5.41) is 2.28. The molecule has 0 unspecified atom stereocenters. The first-order valence-corrected chi connectivity index (χ1v) is 8.07. The smallest absolute Gasteiger partial charge is 0.421 e. The number of rotatable bonds is 4. The number of aryl methyl sites for hydroxylation is 1. The van der Waals surface area contributed by atoms with Crippen molar-refractivity contribution in [1.29, 1.82) is 0 Å². The van der Waals surface area contributed by atoms with Crippen molar-refractivity contribution in [2.75, 3.05) is 5.32 Å². The van der Waals surface area contributed by atoms with Crippen molar-refractivity contribution in [3.05, 3.63) is 77.4 Å². The summed E-state index contributed by atoms with van der Waals surface area (Å²) in [6, 6.07) is 6.36. The Morgan fingerprint density at radius 2 is 1.66 bits per heavy atom. The molecule has 0 bridgehead atoms. The van der Waals surface area contributed by atoms with Crippen LogP contribution in [0.25, 0.3) is 0 Å². The number of nitrogens with zero attached hydrogens (tertiary/aromatic N) is 2. The van der Waals surface area contributed by atoms with Crippen LogP contribution < -0.4 is 10.1 Å². The zero-order chi connectivity index (χ0) is 21.2. The lowest BCUT2D eigenvalue weighted by molar-refractivity contribution is -0.138. The number of hydrogen-bond donors (Lipinski definition) is 1. The van der Waals surface area contributed by atoms with E-state index >= 15 is 0 Å². The van der Waals surface area contributed by atoms with Gasteiger partial charge in [0.05, 0.1) is 12.4 Å². The molecule has 1 amide bonds. The fourth-order valence-corrected chi connectivity index (χ4v) is 2.39. The molecule has 29 heavy (non-hydrogen) atoms. The molecule has 0 spiro atoms. The Morgan fingerprint density at radius 1 is 1.03 bits per heavy atom. The van der Waals surface area contributed by atoms with Crippen LogP contribution in [0.2, 0.25) is 0 Å². The Balaban J connectivity index is 1.78. The molecule has 2 aromatic heterocycles. The van der Waals surface area contributed by atoms with Gasteiger partial charge in [-0.15, -0.1) is 0 Å². The number of halogens is 5. The van der Waals surface area contributed by atoms with E-state index in [1.54, 1.807) is 0 Å². The van der Waals surface area contributed by atoms with Gasteiger partial charge < -0.3 is 10.1 Å². The summed E-state index contributed by atoms with van der Waals surface area (Å²) in [5.41, 5.74) is -1.36. The number of pyridine rings is 2. The molecule has 0 aliphatic heterocycles. The number of hydrogen-bond acceptors (Lipinski definition) is 4. The lowest BCUT2D eigenvalue weighted by Crippen LogP contribution is -2.16. The molecule has 2 heterocycles. The van der Waals surface area contributed by atoms with Gasteiger partial charge in [0.2, 0.25) is 0 Å². The Labute approximate surface area is 161 Å². The average molecular weight is 409 g/mol. The molecule has 0 atom stereocenters. The summed E-state index contributed by atoms with van der Waals surface area (Å²) in [4.78, 5) is 19.0. The van der Waals surface area contributed by atoms with E-state index in [-0.39, 0.29) is 11.4 Å². The van der Waals surface area contributed by atoms with Crippen molar-refractivity contribution >= 4 is 11.6 Å². The van der Waals surface area contributed by atoms with Gasteiger partial charge in [-0.1, -0.05) is 0 Å². The van der Waals surface area contributed by atoms with Gasteiger partial charge in [-0.25, -0.2) is 8.78 Å². The predicted octanol–water partition coefficient (Wildman–Crippen LogP) is 5.13. The van der Waals surface area contributed by atoms with E-state index in [0.717, 1.165) is 6.07 Å². The van der Waals surface area contributed by atoms with Crippen LogP contribution in [0, 0.1) is 18.6 Å². The summed E-state index contributed by atoms with van der Waals surface area (Å²) in [6.07, 6.45) is -2.58. The maximum atomic E-state index is 13.6. The minimum Gasteiger partial charge on any atom is -0.457 e. The van der Waals surface area contributed by atoms with Crippen molar-refractivity contribution in [1.82, 2.24) is 9.97 Å². The Morgan fingerprint density at radius 3 is 2.24 bits per heavy atom. The topological polar surface area (TPSA) is 64.1 Å². The second-order valence-electron chi connectivity index (χ2n) is 5.88. The molecule has 1 aromatic carbocycles. The van der Waals surface area contributed by atoms with Gasteiger partial charge in [-0.3, -0.25) is 14.8 Å². The summed E-state index contributed by atoms with van der Waals surface area (Å²) in [5.74, 6) is -3.67.